The van der Waals surface area contributed by atoms with Crippen molar-refractivity contribution in [1.29, 1.82) is 0 Å². The Morgan fingerprint density at radius 3 is 2.88 bits per heavy atom. The summed E-state index contributed by atoms with van der Waals surface area (Å²) in [6.07, 6.45) is 7.29. The second-order valence-electron chi connectivity index (χ2n) is 6.01. The standard InChI is InChI=1S/C18H22N2O5/c1-13(18(22)19-10-9-14-5-3-2-4-6-14)25-17-8-7-15(12-21)11-16(17)20(23)24/h5,7-8,11-13H,2-4,6,9-10H2,1H3,(H,19,22)/t13-/m0/s1. The normalized spacial score (nSPS) is 15.0. The molecule has 1 aromatic rings. The van der Waals surface area contributed by atoms with E-state index in [2.05, 4.69) is 11.4 Å². The van der Waals surface area contributed by atoms with Crippen LogP contribution in [0.2, 0.25) is 0 Å². The monoisotopic (exact) mass is 346 g/mol. The van der Waals surface area contributed by atoms with Gasteiger partial charge in [0.15, 0.2) is 11.9 Å². The molecule has 134 valence electrons. The summed E-state index contributed by atoms with van der Waals surface area (Å²) in [5.74, 6) is -0.363. The molecule has 0 radical (unpaired) electrons. The summed E-state index contributed by atoms with van der Waals surface area (Å²) in [6.45, 7) is 2.05. The molecule has 0 fully saturated rings. The third-order valence-electron chi connectivity index (χ3n) is 4.12. The number of hydrogen-bond donors (Lipinski definition) is 1. The molecule has 0 unspecified atom stereocenters. The van der Waals surface area contributed by atoms with Crippen molar-refractivity contribution in [3.05, 3.63) is 45.5 Å². The minimum atomic E-state index is -0.874. The predicted octanol–water partition coefficient (Wildman–Crippen LogP) is 3.18. The zero-order valence-corrected chi connectivity index (χ0v) is 14.2. The van der Waals surface area contributed by atoms with Crippen molar-refractivity contribution in [2.45, 2.75) is 45.1 Å². The molecule has 1 N–H and O–H groups in total. The Hall–Kier alpha value is -2.70. The van der Waals surface area contributed by atoms with Crippen molar-refractivity contribution in [3.63, 3.8) is 0 Å². The van der Waals surface area contributed by atoms with Crippen molar-refractivity contribution >= 4 is 17.9 Å². The van der Waals surface area contributed by atoms with Crippen LogP contribution in [0, 0.1) is 10.1 Å². The van der Waals surface area contributed by atoms with E-state index in [0.717, 1.165) is 25.3 Å². The fourth-order valence-electron chi connectivity index (χ4n) is 2.72. The third-order valence-corrected chi connectivity index (χ3v) is 4.12. The molecule has 1 aliphatic rings. The number of carbonyl (C=O) groups is 2. The predicted molar refractivity (Wildman–Crippen MR) is 92.8 cm³/mol. The Morgan fingerprint density at radius 2 is 2.24 bits per heavy atom. The minimum Gasteiger partial charge on any atom is -0.474 e. The van der Waals surface area contributed by atoms with Crippen LogP contribution in [0.1, 0.15) is 49.4 Å². The van der Waals surface area contributed by atoms with Gasteiger partial charge in [-0.05, 0) is 51.2 Å². The number of rotatable bonds is 8. The number of hydrogen-bond acceptors (Lipinski definition) is 5. The average molecular weight is 346 g/mol. The first-order valence-electron chi connectivity index (χ1n) is 8.37. The topological polar surface area (TPSA) is 98.5 Å². The molecular formula is C18H22N2O5. The summed E-state index contributed by atoms with van der Waals surface area (Å²) >= 11 is 0. The van der Waals surface area contributed by atoms with E-state index in [9.17, 15) is 19.7 Å². The quantitative estimate of drug-likeness (QED) is 0.337. The van der Waals surface area contributed by atoms with Gasteiger partial charge in [-0.3, -0.25) is 19.7 Å². The molecule has 0 aliphatic heterocycles. The number of ether oxygens (including phenoxy) is 1. The molecule has 7 heteroatoms. The maximum Gasteiger partial charge on any atom is 0.311 e. The van der Waals surface area contributed by atoms with Crippen molar-refractivity contribution < 1.29 is 19.2 Å². The molecule has 0 saturated carbocycles. The van der Waals surface area contributed by atoms with Gasteiger partial charge in [-0.2, -0.15) is 0 Å². The van der Waals surface area contributed by atoms with Crippen LogP contribution < -0.4 is 10.1 Å². The molecule has 1 atom stereocenters. The lowest BCUT2D eigenvalue weighted by Gasteiger charge is -2.16. The molecule has 0 heterocycles. The van der Waals surface area contributed by atoms with Crippen molar-refractivity contribution in [3.8, 4) is 5.75 Å². The Morgan fingerprint density at radius 1 is 1.44 bits per heavy atom. The van der Waals surface area contributed by atoms with Crippen molar-refractivity contribution in [1.82, 2.24) is 5.32 Å². The first-order valence-corrected chi connectivity index (χ1v) is 8.37. The number of amides is 1. The van der Waals surface area contributed by atoms with Gasteiger partial charge >= 0.3 is 5.69 Å². The van der Waals surface area contributed by atoms with Crippen molar-refractivity contribution in [2.75, 3.05) is 6.54 Å². The lowest BCUT2D eigenvalue weighted by molar-refractivity contribution is -0.386. The Kier molecular flexibility index (Phi) is 6.68. The first kappa shape index (κ1) is 18.6. The van der Waals surface area contributed by atoms with Crippen LogP contribution in [0.25, 0.3) is 0 Å². The fraction of sp³-hybridized carbons (Fsp3) is 0.444. The Balaban J connectivity index is 1.91. The van der Waals surface area contributed by atoms with Gasteiger partial charge in [0, 0.05) is 18.2 Å². The van der Waals surface area contributed by atoms with Crippen LogP contribution in [-0.2, 0) is 4.79 Å². The van der Waals surface area contributed by atoms with E-state index in [-0.39, 0.29) is 22.9 Å². The number of carbonyl (C=O) groups excluding carboxylic acids is 2. The number of nitro benzene ring substituents is 1. The molecule has 0 bridgehead atoms. The molecule has 2 rings (SSSR count). The SMILES string of the molecule is C[C@H](Oc1ccc(C=O)cc1[N+](=O)[O-])C(=O)NCCC1=CCCCC1. The van der Waals surface area contributed by atoms with Gasteiger partial charge in [0.05, 0.1) is 4.92 Å². The van der Waals surface area contributed by atoms with Gasteiger partial charge in [-0.25, -0.2) is 0 Å². The molecule has 0 aromatic heterocycles. The molecule has 25 heavy (non-hydrogen) atoms. The van der Waals surface area contributed by atoms with Crippen molar-refractivity contribution in [2.24, 2.45) is 0 Å². The lowest BCUT2D eigenvalue weighted by Crippen LogP contribution is -2.37. The first-order chi connectivity index (χ1) is 12.0. The van der Waals surface area contributed by atoms with Crippen LogP contribution in [0.4, 0.5) is 5.69 Å². The zero-order chi connectivity index (χ0) is 18.2. The van der Waals surface area contributed by atoms with E-state index >= 15 is 0 Å². The zero-order valence-electron chi connectivity index (χ0n) is 14.2. The van der Waals surface area contributed by atoms with Gasteiger partial charge in [0.1, 0.15) is 6.29 Å². The number of nitrogens with zero attached hydrogens (tertiary/aromatic N) is 1. The molecular weight excluding hydrogens is 324 g/mol. The summed E-state index contributed by atoms with van der Waals surface area (Å²) in [7, 11) is 0. The summed E-state index contributed by atoms with van der Waals surface area (Å²) in [5, 5.41) is 13.9. The third kappa shape index (κ3) is 5.41. The highest BCUT2D eigenvalue weighted by Crippen LogP contribution is 2.28. The maximum absolute atomic E-state index is 12.1. The highest BCUT2D eigenvalue weighted by molar-refractivity contribution is 5.81. The van der Waals surface area contributed by atoms with Crippen LogP contribution >= 0.6 is 0 Å². The van der Waals surface area contributed by atoms with Gasteiger partial charge in [-0.15, -0.1) is 0 Å². The van der Waals surface area contributed by atoms with Gasteiger partial charge in [-0.1, -0.05) is 11.6 Å². The molecule has 1 amide bonds. The summed E-state index contributed by atoms with van der Waals surface area (Å²) in [4.78, 5) is 33.3. The van der Waals surface area contributed by atoms with Crippen LogP contribution in [0.3, 0.4) is 0 Å². The number of allylic oxidation sites excluding steroid dienone is 1. The molecule has 0 saturated heterocycles. The lowest BCUT2D eigenvalue weighted by atomic mass is 9.97. The van der Waals surface area contributed by atoms with Crippen LogP contribution in [-0.4, -0.2) is 29.8 Å². The smallest absolute Gasteiger partial charge is 0.311 e. The second-order valence-corrected chi connectivity index (χ2v) is 6.01. The summed E-state index contributed by atoms with van der Waals surface area (Å²) < 4.78 is 5.43. The van der Waals surface area contributed by atoms with Crippen LogP contribution in [0.5, 0.6) is 5.75 Å². The van der Waals surface area contributed by atoms with E-state index < -0.39 is 11.0 Å². The summed E-state index contributed by atoms with van der Waals surface area (Å²) in [5.41, 5.74) is 1.20. The Labute approximate surface area is 146 Å². The molecule has 1 aromatic carbocycles. The van der Waals surface area contributed by atoms with Gasteiger partial charge < -0.3 is 10.1 Å². The minimum absolute atomic E-state index is 0.0340. The van der Waals surface area contributed by atoms with E-state index in [1.807, 2.05) is 0 Å². The number of benzene rings is 1. The highest BCUT2D eigenvalue weighted by atomic mass is 16.6. The Bertz CT molecular complexity index is 684. The number of nitro groups is 1. The second kappa shape index (κ2) is 8.96. The molecule has 7 nitrogen and oxygen atoms in total. The highest BCUT2D eigenvalue weighted by Gasteiger charge is 2.21. The molecule has 1 aliphatic carbocycles. The number of aldehydes is 1. The van der Waals surface area contributed by atoms with E-state index in [4.69, 9.17) is 4.74 Å². The van der Waals surface area contributed by atoms with Gasteiger partial charge in [0.25, 0.3) is 5.91 Å². The summed E-state index contributed by atoms with van der Waals surface area (Å²) in [6, 6.07) is 3.87. The number of nitrogens with one attached hydrogen (secondary N) is 1. The van der Waals surface area contributed by atoms with E-state index in [1.54, 1.807) is 0 Å². The maximum atomic E-state index is 12.1. The van der Waals surface area contributed by atoms with Crippen LogP contribution in [0.15, 0.2) is 29.8 Å². The molecule has 0 spiro atoms. The van der Waals surface area contributed by atoms with E-state index in [0.29, 0.717) is 12.8 Å². The van der Waals surface area contributed by atoms with E-state index in [1.165, 1.54) is 37.5 Å². The average Bonchev–Trinajstić information content (AvgIpc) is 2.62. The van der Waals surface area contributed by atoms with Gasteiger partial charge in [0.2, 0.25) is 0 Å². The fourth-order valence-corrected chi connectivity index (χ4v) is 2.72. The largest absolute Gasteiger partial charge is 0.474 e.